The molecule has 1 aromatic heterocycles. The molecule has 0 N–H and O–H groups in total. The number of anilines is 1. The topological polar surface area (TPSA) is 55.3 Å². The van der Waals surface area contributed by atoms with Gasteiger partial charge in [0.15, 0.2) is 5.69 Å². The quantitative estimate of drug-likeness (QED) is 0.781. The Kier molecular flexibility index (Phi) is 4.71. The van der Waals surface area contributed by atoms with Gasteiger partial charge >= 0.3 is 5.97 Å². The number of carbonyl (C=O) groups excluding carboxylic acids is 1. The number of nitrogens with zero attached hydrogens (tertiary/aromatic N) is 3. The summed E-state index contributed by atoms with van der Waals surface area (Å²) in [6.45, 7) is 3.19. The minimum Gasteiger partial charge on any atom is -0.464 e. The monoisotopic (exact) mass is 263 g/mol. The van der Waals surface area contributed by atoms with Crippen LogP contribution in [-0.2, 0) is 4.74 Å². The van der Waals surface area contributed by atoms with Crippen molar-refractivity contribution in [3.05, 3.63) is 18.1 Å². The van der Waals surface area contributed by atoms with E-state index in [0.29, 0.717) is 6.04 Å². The van der Waals surface area contributed by atoms with Gasteiger partial charge in [-0.15, -0.1) is 0 Å². The molecule has 5 nitrogen and oxygen atoms in total. The van der Waals surface area contributed by atoms with Crippen LogP contribution in [0.4, 0.5) is 5.82 Å². The third-order valence-corrected chi connectivity index (χ3v) is 3.56. The molecule has 1 aliphatic rings. The minimum atomic E-state index is -0.432. The summed E-state index contributed by atoms with van der Waals surface area (Å²) in [7, 11) is 1.36. The summed E-state index contributed by atoms with van der Waals surface area (Å²) in [6, 6.07) is 0.515. The maximum atomic E-state index is 11.5. The van der Waals surface area contributed by atoms with E-state index in [1.807, 2.05) is 0 Å². The summed E-state index contributed by atoms with van der Waals surface area (Å²) in [4.78, 5) is 22.3. The van der Waals surface area contributed by atoms with Crippen LogP contribution < -0.4 is 4.90 Å². The number of piperidine rings is 1. The Labute approximate surface area is 114 Å². The first-order chi connectivity index (χ1) is 9.26. The molecule has 1 aromatic rings. The molecule has 1 saturated heterocycles. The van der Waals surface area contributed by atoms with Crippen LogP contribution in [0.3, 0.4) is 0 Å². The van der Waals surface area contributed by atoms with Crippen LogP contribution >= 0.6 is 0 Å². The van der Waals surface area contributed by atoms with E-state index in [-0.39, 0.29) is 5.69 Å². The second kappa shape index (κ2) is 6.50. The van der Waals surface area contributed by atoms with E-state index in [1.165, 1.54) is 32.6 Å². The van der Waals surface area contributed by atoms with Crippen molar-refractivity contribution >= 4 is 11.8 Å². The van der Waals surface area contributed by atoms with Gasteiger partial charge in [-0.3, -0.25) is 4.98 Å². The van der Waals surface area contributed by atoms with Gasteiger partial charge in [-0.2, -0.15) is 0 Å². The fourth-order valence-electron chi connectivity index (χ4n) is 2.63. The van der Waals surface area contributed by atoms with Crippen LogP contribution in [0.25, 0.3) is 0 Å². The Morgan fingerprint density at radius 3 is 3.05 bits per heavy atom. The standard InChI is InChI=1S/C14H21N3O2/c1-3-6-11-7-4-5-8-17(11)13-10-15-9-12(16-13)14(18)19-2/h9-11H,3-8H2,1-2H3. The van der Waals surface area contributed by atoms with Gasteiger partial charge in [0, 0.05) is 12.6 Å². The zero-order valence-electron chi connectivity index (χ0n) is 11.6. The molecule has 0 aliphatic carbocycles. The van der Waals surface area contributed by atoms with Crippen molar-refractivity contribution in [3.8, 4) is 0 Å². The van der Waals surface area contributed by atoms with Crippen molar-refractivity contribution in [2.45, 2.75) is 45.1 Å². The molecule has 1 aliphatic heterocycles. The van der Waals surface area contributed by atoms with Gasteiger partial charge in [0.05, 0.1) is 19.5 Å². The molecule has 0 bridgehead atoms. The van der Waals surface area contributed by atoms with E-state index in [0.717, 1.165) is 25.2 Å². The van der Waals surface area contributed by atoms with Crippen molar-refractivity contribution in [2.75, 3.05) is 18.6 Å². The first-order valence-corrected chi connectivity index (χ1v) is 6.93. The normalized spacial score (nSPS) is 19.3. The molecule has 2 heterocycles. The lowest BCUT2D eigenvalue weighted by Crippen LogP contribution is -2.40. The molecule has 1 unspecified atom stereocenters. The molecule has 104 valence electrons. The Hall–Kier alpha value is -1.65. The van der Waals surface area contributed by atoms with Crippen LogP contribution in [0.15, 0.2) is 12.4 Å². The Balaban J connectivity index is 2.21. The van der Waals surface area contributed by atoms with E-state index in [4.69, 9.17) is 4.74 Å². The molecule has 0 radical (unpaired) electrons. The average Bonchev–Trinajstić information content (AvgIpc) is 2.47. The molecule has 0 saturated carbocycles. The number of rotatable bonds is 4. The molecule has 1 fully saturated rings. The van der Waals surface area contributed by atoms with Gasteiger partial charge in [0.25, 0.3) is 0 Å². The lowest BCUT2D eigenvalue weighted by molar-refractivity contribution is 0.0593. The third kappa shape index (κ3) is 3.22. The maximum absolute atomic E-state index is 11.5. The highest BCUT2D eigenvalue weighted by atomic mass is 16.5. The fraction of sp³-hybridized carbons (Fsp3) is 0.643. The van der Waals surface area contributed by atoms with Crippen LogP contribution in [0, 0.1) is 0 Å². The largest absolute Gasteiger partial charge is 0.464 e. The average molecular weight is 263 g/mol. The number of hydrogen-bond donors (Lipinski definition) is 0. The Morgan fingerprint density at radius 1 is 1.47 bits per heavy atom. The van der Waals surface area contributed by atoms with E-state index in [2.05, 4.69) is 21.8 Å². The highest BCUT2D eigenvalue weighted by molar-refractivity contribution is 5.87. The molecular formula is C14H21N3O2. The summed E-state index contributed by atoms with van der Waals surface area (Å²) in [5, 5.41) is 0. The van der Waals surface area contributed by atoms with Crippen molar-refractivity contribution in [1.29, 1.82) is 0 Å². The molecule has 0 amide bonds. The lowest BCUT2D eigenvalue weighted by Gasteiger charge is -2.36. The van der Waals surface area contributed by atoms with Crippen molar-refractivity contribution in [3.63, 3.8) is 0 Å². The number of ether oxygens (including phenoxy) is 1. The number of esters is 1. The van der Waals surface area contributed by atoms with Gasteiger partial charge in [0.2, 0.25) is 0 Å². The summed E-state index contributed by atoms with van der Waals surface area (Å²) in [5.41, 5.74) is 0.279. The first-order valence-electron chi connectivity index (χ1n) is 6.93. The Morgan fingerprint density at radius 2 is 2.32 bits per heavy atom. The second-order valence-electron chi connectivity index (χ2n) is 4.89. The maximum Gasteiger partial charge on any atom is 0.358 e. The zero-order chi connectivity index (χ0) is 13.7. The van der Waals surface area contributed by atoms with Crippen molar-refractivity contribution in [2.24, 2.45) is 0 Å². The van der Waals surface area contributed by atoms with Gasteiger partial charge in [-0.05, 0) is 25.7 Å². The molecule has 0 aromatic carbocycles. The van der Waals surface area contributed by atoms with Gasteiger partial charge in [0.1, 0.15) is 5.82 Å². The van der Waals surface area contributed by atoms with Crippen LogP contribution in [0.5, 0.6) is 0 Å². The number of aromatic nitrogens is 2. The molecule has 5 heteroatoms. The SMILES string of the molecule is CCCC1CCCCN1c1cncc(C(=O)OC)n1. The summed E-state index contributed by atoms with van der Waals surface area (Å²) >= 11 is 0. The van der Waals surface area contributed by atoms with E-state index in [9.17, 15) is 4.79 Å². The lowest BCUT2D eigenvalue weighted by atomic mass is 9.98. The fourth-order valence-corrected chi connectivity index (χ4v) is 2.63. The molecule has 19 heavy (non-hydrogen) atoms. The summed E-state index contributed by atoms with van der Waals surface area (Å²) in [5.74, 6) is 0.361. The molecular weight excluding hydrogens is 242 g/mol. The predicted molar refractivity (Wildman–Crippen MR) is 73.3 cm³/mol. The third-order valence-electron chi connectivity index (χ3n) is 3.56. The van der Waals surface area contributed by atoms with Crippen LogP contribution in [0.1, 0.15) is 49.5 Å². The molecule has 1 atom stereocenters. The van der Waals surface area contributed by atoms with Crippen LogP contribution in [0.2, 0.25) is 0 Å². The number of carbonyl (C=O) groups is 1. The Bertz CT molecular complexity index is 434. The van der Waals surface area contributed by atoms with Gasteiger partial charge < -0.3 is 9.64 Å². The second-order valence-corrected chi connectivity index (χ2v) is 4.89. The zero-order valence-corrected chi connectivity index (χ0v) is 11.6. The van der Waals surface area contributed by atoms with Crippen LogP contribution in [-0.4, -0.2) is 35.6 Å². The first kappa shape index (κ1) is 13.8. The minimum absolute atomic E-state index is 0.279. The van der Waals surface area contributed by atoms with E-state index < -0.39 is 5.97 Å². The van der Waals surface area contributed by atoms with Crippen molar-refractivity contribution in [1.82, 2.24) is 9.97 Å². The summed E-state index contributed by atoms with van der Waals surface area (Å²) < 4.78 is 4.69. The molecule has 0 spiro atoms. The highest BCUT2D eigenvalue weighted by Gasteiger charge is 2.23. The predicted octanol–water partition coefficient (Wildman–Crippen LogP) is 2.42. The van der Waals surface area contributed by atoms with Gasteiger partial charge in [-0.25, -0.2) is 9.78 Å². The van der Waals surface area contributed by atoms with E-state index in [1.54, 1.807) is 6.20 Å². The number of methoxy groups -OCH3 is 1. The van der Waals surface area contributed by atoms with E-state index >= 15 is 0 Å². The number of hydrogen-bond acceptors (Lipinski definition) is 5. The smallest absolute Gasteiger partial charge is 0.358 e. The highest BCUT2D eigenvalue weighted by Crippen LogP contribution is 2.25. The van der Waals surface area contributed by atoms with Gasteiger partial charge in [-0.1, -0.05) is 13.3 Å². The molecule has 2 rings (SSSR count). The summed E-state index contributed by atoms with van der Waals surface area (Å²) in [6.07, 6.45) is 9.14. The van der Waals surface area contributed by atoms with Crippen molar-refractivity contribution < 1.29 is 9.53 Å².